The summed E-state index contributed by atoms with van der Waals surface area (Å²) in [5.41, 5.74) is 5.36. The summed E-state index contributed by atoms with van der Waals surface area (Å²) in [6.45, 7) is 2.06. The number of imidazole rings is 1. The number of aromatic nitrogens is 2. The van der Waals surface area contributed by atoms with E-state index in [2.05, 4.69) is 36.5 Å². The summed E-state index contributed by atoms with van der Waals surface area (Å²) in [7, 11) is 1.38. The molecule has 0 aliphatic carbocycles. The lowest BCUT2D eigenvalue weighted by Crippen LogP contribution is -2.01. The van der Waals surface area contributed by atoms with Gasteiger partial charge in [0.25, 0.3) is 0 Å². The Morgan fingerprint density at radius 2 is 1.74 bits per heavy atom. The van der Waals surface area contributed by atoms with Gasteiger partial charge in [0.15, 0.2) is 0 Å². The molecule has 0 fully saturated rings. The molecule has 0 bridgehead atoms. The number of nitrogens with one attached hydrogen (secondary N) is 1. The molecule has 5 heteroatoms. The Hall–Kier alpha value is -3.60. The number of hydrogen-bond donors (Lipinski definition) is 1. The Labute approximate surface area is 157 Å². The fraction of sp³-hybridized carbons (Fsp3) is 0.0909. The first-order valence-corrected chi connectivity index (χ1v) is 8.65. The van der Waals surface area contributed by atoms with Crippen molar-refractivity contribution in [1.82, 2.24) is 9.38 Å². The van der Waals surface area contributed by atoms with Gasteiger partial charge in [-0.05, 0) is 43.3 Å². The highest BCUT2D eigenvalue weighted by Crippen LogP contribution is 2.31. The molecule has 4 rings (SSSR count). The summed E-state index contributed by atoms with van der Waals surface area (Å²) < 4.78 is 6.77. The number of ether oxygens (including phenoxy) is 1. The average molecular weight is 357 g/mol. The van der Waals surface area contributed by atoms with Crippen LogP contribution in [-0.4, -0.2) is 22.5 Å². The van der Waals surface area contributed by atoms with Crippen molar-refractivity contribution < 1.29 is 9.53 Å². The van der Waals surface area contributed by atoms with Gasteiger partial charge < -0.3 is 10.1 Å². The van der Waals surface area contributed by atoms with Crippen LogP contribution in [0.1, 0.15) is 15.9 Å². The van der Waals surface area contributed by atoms with Crippen molar-refractivity contribution in [2.24, 2.45) is 0 Å². The van der Waals surface area contributed by atoms with E-state index in [0.29, 0.717) is 5.56 Å². The van der Waals surface area contributed by atoms with Crippen LogP contribution in [0.2, 0.25) is 0 Å². The van der Waals surface area contributed by atoms with E-state index in [1.807, 2.05) is 40.9 Å². The summed E-state index contributed by atoms with van der Waals surface area (Å²) >= 11 is 0. The lowest BCUT2D eigenvalue weighted by atomic mass is 10.1. The third-order valence-electron chi connectivity index (χ3n) is 4.42. The second kappa shape index (κ2) is 6.96. The maximum Gasteiger partial charge on any atom is 0.337 e. The number of methoxy groups -OCH3 is 1. The number of aryl methyl sites for hydroxylation is 1. The van der Waals surface area contributed by atoms with E-state index < -0.39 is 0 Å². The summed E-state index contributed by atoms with van der Waals surface area (Å²) in [6.07, 6.45) is 1.98. The smallest absolute Gasteiger partial charge is 0.337 e. The van der Waals surface area contributed by atoms with Crippen LogP contribution in [0.15, 0.2) is 72.9 Å². The number of hydrogen-bond acceptors (Lipinski definition) is 4. The standard InChI is InChI=1S/C22H19N3O2/c1-15-6-8-16(9-7-15)20-21(25-14-4-3-5-19(25)24-20)23-18-12-10-17(11-13-18)22(26)27-2/h3-14,23H,1-2H3. The molecule has 0 amide bonds. The molecule has 0 atom stereocenters. The Kier molecular flexibility index (Phi) is 4.34. The molecule has 4 aromatic rings. The Bertz CT molecular complexity index is 1100. The van der Waals surface area contributed by atoms with Crippen molar-refractivity contribution in [3.8, 4) is 11.3 Å². The number of esters is 1. The van der Waals surface area contributed by atoms with Gasteiger partial charge >= 0.3 is 5.97 Å². The lowest BCUT2D eigenvalue weighted by molar-refractivity contribution is 0.0601. The summed E-state index contributed by atoms with van der Waals surface area (Å²) in [4.78, 5) is 16.4. The van der Waals surface area contributed by atoms with Crippen LogP contribution in [0.4, 0.5) is 11.5 Å². The first-order valence-electron chi connectivity index (χ1n) is 8.65. The van der Waals surface area contributed by atoms with Crippen LogP contribution >= 0.6 is 0 Å². The van der Waals surface area contributed by atoms with E-state index >= 15 is 0 Å². The number of pyridine rings is 1. The third-order valence-corrected chi connectivity index (χ3v) is 4.42. The number of anilines is 2. The molecule has 1 N–H and O–H groups in total. The fourth-order valence-electron chi connectivity index (χ4n) is 2.97. The molecular weight excluding hydrogens is 338 g/mol. The molecule has 27 heavy (non-hydrogen) atoms. The zero-order valence-corrected chi connectivity index (χ0v) is 15.1. The molecule has 0 spiro atoms. The normalized spacial score (nSPS) is 10.7. The predicted octanol–water partition coefficient (Wildman–Crippen LogP) is 4.84. The summed E-state index contributed by atoms with van der Waals surface area (Å²) in [5.74, 6) is 0.525. The molecule has 2 aromatic carbocycles. The quantitative estimate of drug-likeness (QED) is 0.531. The Morgan fingerprint density at radius 3 is 2.44 bits per heavy atom. The van der Waals surface area contributed by atoms with Gasteiger partial charge in [-0.1, -0.05) is 35.9 Å². The van der Waals surface area contributed by atoms with Crippen molar-refractivity contribution in [3.05, 3.63) is 84.1 Å². The minimum absolute atomic E-state index is 0.350. The van der Waals surface area contributed by atoms with Gasteiger partial charge in [-0.25, -0.2) is 9.78 Å². The largest absolute Gasteiger partial charge is 0.465 e. The number of rotatable bonds is 4. The van der Waals surface area contributed by atoms with Crippen LogP contribution < -0.4 is 5.32 Å². The molecule has 0 aliphatic rings. The van der Waals surface area contributed by atoms with Crippen molar-refractivity contribution in [3.63, 3.8) is 0 Å². The molecule has 0 aliphatic heterocycles. The highest BCUT2D eigenvalue weighted by Gasteiger charge is 2.14. The van der Waals surface area contributed by atoms with Crippen LogP contribution in [0.5, 0.6) is 0 Å². The van der Waals surface area contributed by atoms with E-state index in [1.165, 1.54) is 12.7 Å². The molecule has 0 unspecified atom stereocenters. The highest BCUT2D eigenvalue weighted by atomic mass is 16.5. The first kappa shape index (κ1) is 16.8. The van der Waals surface area contributed by atoms with Crippen LogP contribution in [0, 0.1) is 6.92 Å². The van der Waals surface area contributed by atoms with Gasteiger partial charge in [-0.15, -0.1) is 0 Å². The van der Waals surface area contributed by atoms with Crippen molar-refractivity contribution >= 4 is 23.1 Å². The number of benzene rings is 2. The highest BCUT2D eigenvalue weighted by molar-refractivity contribution is 5.90. The Morgan fingerprint density at radius 1 is 1.00 bits per heavy atom. The molecule has 0 saturated heterocycles. The van der Waals surface area contributed by atoms with E-state index in [0.717, 1.165) is 28.4 Å². The predicted molar refractivity (Wildman–Crippen MR) is 106 cm³/mol. The second-order valence-electron chi connectivity index (χ2n) is 6.30. The SMILES string of the molecule is COC(=O)c1ccc(Nc2c(-c3ccc(C)cc3)nc3ccccn23)cc1. The van der Waals surface area contributed by atoms with Crippen molar-refractivity contribution in [2.75, 3.05) is 12.4 Å². The lowest BCUT2D eigenvalue weighted by Gasteiger charge is -2.10. The van der Waals surface area contributed by atoms with E-state index in [4.69, 9.17) is 9.72 Å². The van der Waals surface area contributed by atoms with Crippen LogP contribution in [-0.2, 0) is 4.74 Å². The second-order valence-corrected chi connectivity index (χ2v) is 6.30. The average Bonchev–Trinajstić information content (AvgIpc) is 3.07. The minimum atomic E-state index is -0.350. The zero-order chi connectivity index (χ0) is 18.8. The molecule has 2 aromatic heterocycles. The van der Waals surface area contributed by atoms with Gasteiger partial charge in [0, 0.05) is 17.4 Å². The summed E-state index contributed by atoms with van der Waals surface area (Å²) in [6, 6.07) is 21.4. The van der Waals surface area contributed by atoms with Gasteiger partial charge in [0.05, 0.1) is 12.7 Å². The third kappa shape index (κ3) is 3.27. The maximum absolute atomic E-state index is 11.6. The van der Waals surface area contributed by atoms with Gasteiger partial charge in [0.2, 0.25) is 0 Å². The van der Waals surface area contributed by atoms with Gasteiger partial charge in [0.1, 0.15) is 17.2 Å². The van der Waals surface area contributed by atoms with Crippen molar-refractivity contribution in [2.45, 2.75) is 6.92 Å². The number of carbonyl (C=O) groups is 1. The molecule has 5 nitrogen and oxygen atoms in total. The number of carbonyl (C=O) groups excluding carboxylic acids is 1. The van der Waals surface area contributed by atoms with Crippen molar-refractivity contribution in [1.29, 1.82) is 0 Å². The van der Waals surface area contributed by atoms with E-state index in [9.17, 15) is 4.79 Å². The topological polar surface area (TPSA) is 55.6 Å². The fourth-order valence-corrected chi connectivity index (χ4v) is 2.97. The Balaban J connectivity index is 1.77. The van der Waals surface area contributed by atoms with Gasteiger partial charge in [-0.2, -0.15) is 0 Å². The minimum Gasteiger partial charge on any atom is -0.465 e. The zero-order valence-electron chi connectivity index (χ0n) is 15.1. The number of fused-ring (bicyclic) bond motifs is 1. The molecule has 0 saturated carbocycles. The molecular formula is C22H19N3O2. The molecule has 2 heterocycles. The van der Waals surface area contributed by atoms with Crippen LogP contribution in [0.25, 0.3) is 16.9 Å². The maximum atomic E-state index is 11.6. The van der Waals surface area contributed by atoms with Crippen LogP contribution in [0.3, 0.4) is 0 Å². The monoisotopic (exact) mass is 357 g/mol. The van der Waals surface area contributed by atoms with E-state index in [-0.39, 0.29) is 5.97 Å². The number of nitrogens with zero attached hydrogens (tertiary/aromatic N) is 2. The first-order chi connectivity index (χ1) is 13.2. The molecule has 0 radical (unpaired) electrons. The summed E-state index contributed by atoms with van der Waals surface area (Å²) in [5, 5.41) is 3.44. The van der Waals surface area contributed by atoms with Gasteiger partial charge in [-0.3, -0.25) is 4.40 Å². The van der Waals surface area contributed by atoms with E-state index in [1.54, 1.807) is 12.1 Å². The molecule has 134 valence electrons.